The summed E-state index contributed by atoms with van der Waals surface area (Å²) in [5, 5.41) is 0. The average molecular weight is 340 g/mol. The summed E-state index contributed by atoms with van der Waals surface area (Å²) in [6.45, 7) is 5.10. The third kappa shape index (κ3) is 3.80. The van der Waals surface area contributed by atoms with Gasteiger partial charge in [0.25, 0.3) is 10.2 Å². The van der Waals surface area contributed by atoms with Crippen LogP contribution >= 0.6 is 0 Å². The first-order valence-electron chi connectivity index (χ1n) is 7.48. The van der Waals surface area contributed by atoms with Gasteiger partial charge in [-0.1, -0.05) is 0 Å². The number of unbranched alkanes of at least 4 members (excludes halogenated alkanes) is 1. The maximum atomic E-state index is 11.6. The number of nitrogens with zero attached hydrogens (tertiary/aromatic N) is 4. The van der Waals surface area contributed by atoms with Crippen LogP contribution in [0.1, 0.15) is 24.1 Å². The third-order valence-electron chi connectivity index (χ3n) is 3.86. The summed E-state index contributed by atoms with van der Waals surface area (Å²) >= 11 is 0. The van der Waals surface area contributed by atoms with Crippen molar-refractivity contribution in [3.8, 4) is 0 Å². The van der Waals surface area contributed by atoms with E-state index in [0.29, 0.717) is 12.4 Å². The first-order valence-corrected chi connectivity index (χ1v) is 8.92. The highest BCUT2D eigenvalue weighted by atomic mass is 32.2. The number of fused-ring (bicyclic) bond motifs is 1. The van der Waals surface area contributed by atoms with Gasteiger partial charge in [-0.2, -0.15) is 12.7 Å². The minimum atomic E-state index is -3.35. The van der Waals surface area contributed by atoms with Gasteiger partial charge in [0.05, 0.1) is 11.8 Å². The SMILES string of the molecule is Cc1nc(N)c2ncn(CCCCNS(=O)(=O)N(C)C)c2c1C. The second-order valence-electron chi connectivity index (χ2n) is 5.73. The highest BCUT2D eigenvalue weighted by Gasteiger charge is 2.13. The molecule has 0 atom stereocenters. The number of nitrogen functional groups attached to an aromatic ring is 1. The zero-order chi connectivity index (χ0) is 17.2. The highest BCUT2D eigenvalue weighted by molar-refractivity contribution is 7.87. The lowest BCUT2D eigenvalue weighted by Gasteiger charge is -2.12. The van der Waals surface area contributed by atoms with Gasteiger partial charge in [-0.15, -0.1) is 0 Å². The molecular formula is C14H24N6O2S. The Morgan fingerprint density at radius 1 is 1.30 bits per heavy atom. The molecule has 0 radical (unpaired) electrons. The van der Waals surface area contributed by atoms with Crippen molar-refractivity contribution >= 4 is 27.1 Å². The number of anilines is 1. The van der Waals surface area contributed by atoms with Crippen LogP contribution in [0.15, 0.2) is 6.33 Å². The topological polar surface area (TPSA) is 106 Å². The summed E-state index contributed by atoms with van der Waals surface area (Å²) in [5.41, 5.74) is 9.62. The minimum Gasteiger partial charge on any atom is -0.382 e. The number of aromatic nitrogens is 3. The number of hydrogen-bond acceptors (Lipinski definition) is 5. The van der Waals surface area contributed by atoms with E-state index in [1.807, 2.05) is 13.8 Å². The van der Waals surface area contributed by atoms with E-state index in [2.05, 4.69) is 19.3 Å². The molecule has 0 aromatic carbocycles. The van der Waals surface area contributed by atoms with Gasteiger partial charge in [0.15, 0.2) is 5.82 Å². The maximum Gasteiger partial charge on any atom is 0.278 e. The fourth-order valence-electron chi connectivity index (χ4n) is 2.36. The first kappa shape index (κ1) is 17.6. The molecule has 0 amide bonds. The lowest BCUT2D eigenvalue weighted by atomic mass is 10.2. The molecule has 3 N–H and O–H groups in total. The van der Waals surface area contributed by atoms with Crippen molar-refractivity contribution in [3.63, 3.8) is 0 Å². The quantitative estimate of drug-likeness (QED) is 0.725. The number of imidazole rings is 1. The summed E-state index contributed by atoms with van der Waals surface area (Å²) < 4.78 is 29.0. The van der Waals surface area contributed by atoms with Crippen molar-refractivity contribution in [2.75, 3.05) is 26.4 Å². The second kappa shape index (κ2) is 6.81. The van der Waals surface area contributed by atoms with E-state index >= 15 is 0 Å². The number of nitrogens with two attached hydrogens (primary N) is 1. The van der Waals surface area contributed by atoms with Crippen molar-refractivity contribution < 1.29 is 8.42 Å². The van der Waals surface area contributed by atoms with Crippen LogP contribution in [0.4, 0.5) is 5.82 Å². The van der Waals surface area contributed by atoms with Crippen molar-refractivity contribution in [2.24, 2.45) is 0 Å². The molecule has 0 aliphatic rings. The molecule has 9 heteroatoms. The Morgan fingerprint density at radius 2 is 2.00 bits per heavy atom. The zero-order valence-electron chi connectivity index (χ0n) is 14.0. The zero-order valence-corrected chi connectivity index (χ0v) is 14.8. The Bertz CT molecular complexity index is 797. The van der Waals surface area contributed by atoms with Gasteiger partial charge in [-0.25, -0.2) is 14.7 Å². The van der Waals surface area contributed by atoms with Gasteiger partial charge in [0.1, 0.15) is 5.52 Å². The van der Waals surface area contributed by atoms with Crippen LogP contribution in [-0.4, -0.2) is 47.9 Å². The van der Waals surface area contributed by atoms with Crippen LogP contribution in [0, 0.1) is 13.8 Å². The van der Waals surface area contributed by atoms with Crippen LogP contribution in [-0.2, 0) is 16.8 Å². The van der Waals surface area contributed by atoms with Gasteiger partial charge in [0.2, 0.25) is 0 Å². The standard InChI is InChI=1S/C14H24N6O2S/c1-10-11(2)18-14(15)12-13(10)20(9-16-12)8-6-5-7-17-23(21,22)19(3)4/h9,17H,5-8H2,1-4H3,(H2,15,18). The van der Waals surface area contributed by atoms with E-state index in [4.69, 9.17) is 5.73 Å². The molecule has 2 rings (SSSR count). The lowest BCUT2D eigenvalue weighted by Crippen LogP contribution is -2.36. The number of aryl methyl sites for hydroxylation is 3. The summed E-state index contributed by atoms with van der Waals surface area (Å²) in [7, 11) is -0.339. The van der Waals surface area contributed by atoms with Gasteiger partial charge in [0, 0.05) is 32.9 Å². The Kier molecular flexibility index (Phi) is 5.23. The van der Waals surface area contributed by atoms with Crippen LogP contribution in [0.5, 0.6) is 0 Å². The first-order chi connectivity index (χ1) is 10.7. The van der Waals surface area contributed by atoms with Crippen LogP contribution < -0.4 is 10.5 Å². The monoisotopic (exact) mass is 340 g/mol. The molecule has 0 saturated heterocycles. The van der Waals surface area contributed by atoms with E-state index in [1.165, 1.54) is 14.1 Å². The molecule has 0 aliphatic carbocycles. The van der Waals surface area contributed by atoms with Crippen LogP contribution in [0.25, 0.3) is 11.0 Å². The predicted octanol–water partition coefficient (Wildman–Crippen LogP) is 0.807. The molecule has 0 saturated carbocycles. The third-order valence-corrected chi connectivity index (χ3v) is 5.39. The predicted molar refractivity (Wildman–Crippen MR) is 91.3 cm³/mol. The maximum absolute atomic E-state index is 11.6. The van der Waals surface area contributed by atoms with Crippen molar-refractivity contribution in [1.82, 2.24) is 23.6 Å². The average Bonchev–Trinajstić information content (AvgIpc) is 2.89. The molecule has 0 bridgehead atoms. The van der Waals surface area contributed by atoms with Crippen LogP contribution in [0.3, 0.4) is 0 Å². The Balaban J connectivity index is 1.99. The summed E-state index contributed by atoms with van der Waals surface area (Å²) in [5.74, 6) is 0.445. The van der Waals surface area contributed by atoms with Crippen molar-refractivity contribution in [1.29, 1.82) is 0 Å². The summed E-state index contributed by atoms with van der Waals surface area (Å²) in [6, 6.07) is 0. The van der Waals surface area contributed by atoms with E-state index in [1.54, 1.807) is 6.33 Å². The molecule has 0 spiro atoms. The van der Waals surface area contributed by atoms with E-state index in [-0.39, 0.29) is 0 Å². The fourth-order valence-corrected chi connectivity index (χ4v) is 3.02. The van der Waals surface area contributed by atoms with Gasteiger partial charge in [-0.05, 0) is 32.3 Å². The molecular weight excluding hydrogens is 316 g/mol. The van der Waals surface area contributed by atoms with Gasteiger partial charge < -0.3 is 10.3 Å². The Hall–Kier alpha value is -1.71. The highest BCUT2D eigenvalue weighted by Crippen LogP contribution is 2.23. The number of hydrogen-bond donors (Lipinski definition) is 2. The van der Waals surface area contributed by atoms with Crippen molar-refractivity contribution in [3.05, 3.63) is 17.6 Å². The molecule has 8 nitrogen and oxygen atoms in total. The molecule has 128 valence electrons. The summed E-state index contributed by atoms with van der Waals surface area (Å²) in [6.07, 6.45) is 3.34. The van der Waals surface area contributed by atoms with Crippen molar-refractivity contribution in [2.45, 2.75) is 33.2 Å². The van der Waals surface area contributed by atoms with Gasteiger partial charge >= 0.3 is 0 Å². The fraction of sp³-hybridized carbons (Fsp3) is 0.571. The summed E-state index contributed by atoms with van der Waals surface area (Å²) in [4.78, 5) is 8.63. The second-order valence-corrected chi connectivity index (χ2v) is 7.70. The van der Waals surface area contributed by atoms with Gasteiger partial charge in [-0.3, -0.25) is 0 Å². The largest absolute Gasteiger partial charge is 0.382 e. The Morgan fingerprint density at radius 3 is 2.65 bits per heavy atom. The van der Waals surface area contributed by atoms with E-state index < -0.39 is 10.2 Å². The lowest BCUT2D eigenvalue weighted by molar-refractivity contribution is 0.501. The number of pyridine rings is 1. The Labute approximate surface area is 136 Å². The van der Waals surface area contributed by atoms with E-state index in [9.17, 15) is 8.42 Å². The number of nitrogens with one attached hydrogen (secondary N) is 1. The molecule has 2 aromatic heterocycles. The molecule has 23 heavy (non-hydrogen) atoms. The molecule has 0 unspecified atom stereocenters. The van der Waals surface area contributed by atoms with Crippen LogP contribution in [0.2, 0.25) is 0 Å². The number of rotatable bonds is 7. The van der Waals surface area contributed by atoms with E-state index in [0.717, 1.165) is 46.0 Å². The minimum absolute atomic E-state index is 0.412. The smallest absolute Gasteiger partial charge is 0.278 e. The molecule has 2 aromatic rings. The normalized spacial score (nSPS) is 12.4. The molecule has 2 heterocycles. The molecule has 0 fully saturated rings. The molecule has 0 aliphatic heterocycles.